The number of rotatable bonds is 5. The average Bonchev–Trinajstić information content (AvgIpc) is 2.25. The Labute approximate surface area is 106 Å². The normalized spacial score (nSPS) is 22.2. The van der Waals surface area contributed by atoms with Gasteiger partial charge >= 0.3 is 5.97 Å². The average molecular weight is 278 g/mol. The molecule has 0 aromatic heterocycles. The molecule has 1 amide bonds. The van der Waals surface area contributed by atoms with Crippen LogP contribution in [0.5, 0.6) is 0 Å². The van der Waals surface area contributed by atoms with Gasteiger partial charge in [-0.15, -0.1) is 0 Å². The predicted molar refractivity (Wildman–Crippen MR) is 64.7 cm³/mol. The van der Waals surface area contributed by atoms with Crippen LogP contribution in [0.1, 0.15) is 13.3 Å². The number of hydrogen-bond acceptors (Lipinski definition) is 6. The zero-order valence-electron chi connectivity index (χ0n) is 10.3. The Bertz CT molecular complexity index is 406. The third-order valence-corrected chi connectivity index (χ3v) is 4.20. The summed E-state index contributed by atoms with van der Waals surface area (Å²) in [5.41, 5.74) is 0. The van der Waals surface area contributed by atoms with E-state index in [1.54, 1.807) is 6.92 Å². The van der Waals surface area contributed by atoms with Crippen LogP contribution >= 0.6 is 0 Å². The highest BCUT2D eigenvalue weighted by Gasteiger charge is 2.25. The minimum atomic E-state index is -3.05. The van der Waals surface area contributed by atoms with Crippen molar-refractivity contribution in [1.29, 1.82) is 0 Å². The van der Waals surface area contributed by atoms with Gasteiger partial charge in [-0.2, -0.15) is 0 Å². The SMILES string of the molecule is CCOC(=O)CNC(=O)CC1CS(=O)(=O)CCN1. The summed E-state index contributed by atoms with van der Waals surface area (Å²) in [6.45, 7) is 2.11. The number of ether oxygens (including phenoxy) is 1. The molecule has 1 saturated heterocycles. The first-order valence-electron chi connectivity index (χ1n) is 5.79. The van der Waals surface area contributed by atoms with Gasteiger partial charge < -0.3 is 15.4 Å². The zero-order valence-corrected chi connectivity index (χ0v) is 11.1. The van der Waals surface area contributed by atoms with E-state index >= 15 is 0 Å². The van der Waals surface area contributed by atoms with Crippen LogP contribution in [0.15, 0.2) is 0 Å². The van der Waals surface area contributed by atoms with Crippen molar-refractivity contribution in [2.24, 2.45) is 0 Å². The van der Waals surface area contributed by atoms with Crippen molar-refractivity contribution in [2.45, 2.75) is 19.4 Å². The van der Waals surface area contributed by atoms with Gasteiger partial charge in [-0.25, -0.2) is 8.42 Å². The van der Waals surface area contributed by atoms with Crippen LogP contribution in [0.3, 0.4) is 0 Å². The lowest BCUT2D eigenvalue weighted by Gasteiger charge is -2.22. The van der Waals surface area contributed by atoms with E-state index in [1.165, 1.54) is 0 Å². The summed E-state index contributed by atoms with van der Waals surface area (Å²) < 4.78 is 27.3. The summed E-state index contributed by atoms with van der Waals surface area (Å²) in [4.78, 5) is 22.5. The van der Waals surface area contributed by atoms with E-state index in [9.17, 15) is 18.0 Å². The smallest absolute Gasteiger partial charge is 0.325 e. The van der Waals surface area contributed by atoms with Crippen molar-refractivity contribution >= 4 is 21.7 Å². The molecule has 0 aromatic rings. The Balaban J connectivity index is 2.30. The highest BCUT2D eigenvalue weighted by atomic mass is 32.2. The lowest BCUT2D eigenvalue weighted by Crippen LogP contribution is -2.47. The van der Waals surface area contributed by atoms with E-state index < -0.39 is 15.8 Å². The minimum absolute atomic E-state index is 0.0403. The van der Waals surface area contributed by atoms with Crippen molar-refractivity contribution < 1.29 is 22.7 Å². The molecule has 0 aliphatic carbocycles. The van der Waals surface area contributed by atoms with E-state index in [4.69, 9.17) is 0 Å². The Kier molecular flexibility index (Phi) is 5.54. The first-order valence-corrected chi connectivity index (χ1v) is 7.61. The molecule has 1 fully saturated rings. The van der Waals surface area contributed by atoms with Crippen molar-refractivity contribution in [2.75, 3.05) is 31.2 Å². The standard InChI is InChI=1S/C10H18N2O5S/c1-2-17-10(14)6-12-9(13)5-8-7-18(15,16)4-3-11-8/h8,11H,2-7H2,1H3,(H,12,13). The lowest BCUT2D eigenvalue weighted by molar-refractivity contribution is -0.143. The fourth-order valence-electron chi connectivity index (χ4n) is 1.68. The van der Waals surface area contributed by atoms with Crippen molar-refractivity contribution in [3.05, 3.63) is 0 Å². The molecular weight excluding hydrogens is 260 g/mol. The maximum absolute atomic E-state index is 11.5. The monoisotopic (exact) mass is 278 g/mol. The molecule has 1 heterocycles. The van der Waals surface area contributed by atoms with Crippen LogP contribution in [0.25, 0.3) is 0 Å². The van der Waals surface area contributed by atoms with E-state index in [0.29, 0.717) is 6.54 Å². The Morgan fingerprint density at radius 3 is 2.78 bits per heavy atom. The van der Waals surface area contributed by atoms with Crippen molar-refractivity contribution in [3.8, 4) is 0 Å². The van der Waals surface area contributed by atoms with E-state index in [-0.39, 0.29) is 43.0 Å². The van der Waals surface area contributed by atoms with Gasteiger partial charge in [-0.3, -0.25) is 9.59 Å². The summed E-state index contributed by atoms with van der Waals surface area (Å²) in [6, 6.07) is -0.383. The largest absolute Gasteiger partial charge is 0.465 e. The maximum atomic E-state index is 11.5. The minimum Gasteiger partial charge on any atom is -0.465 e. The number of nitrogens with one attached hydrogen (secondary N) is 2. The van der Waals surface area contributed by atoms with Gasteiger partial charge in [-0.05, 0) is 6.92 Å². The third-order valence-electron chi connectivity index (χ3n) is 2.47. The van der Waals surface area contributed by atoms with Crippen LogP contribution in [0.4, 0.5) is 0 Å². The number of hydrogen-bond donors (Lipinski definition) is 2. The molecule has 1 atom stereocenters. The summed E-state index contributed by atoms with van der Waals surface area (Å²) in [6.07, 6.45) is 0.0403. The van der Waals surface area contributed by atoms with Crippen LogP contribution in [0, 0.1) is 0 Å². The Hall–Kier alpha value is -1.15. The van der Waals surface area contributed by atoms with Crippen LogP contribution in [0.2, 0.25) is 0 Å². The van der Waals surface area contributed by atoms with Gasteiger partial charge in [0, 0.05) is 19.0 Å². The second-order valence-electron chi connectivity index (χ2n) is 4.05. The van der Waals surface area contributed by atoms with Gasteiger partial charge in [0.25, 0.3) is 0 Å². The molecule has 8 heteroatoms. The number of esters is 1. The molecule has 1 unspecified atom stereocenters. The molecule has 1 aliphatic rings. The summed E-state index contributed by atoms with van der Waals surface area (Å²) in [7, 11) is -3.05. The second-order valence-corrected chi connectivity index (χ2v) is 6.28. The summed E-state index contributed by atoms with van der Waals surface area (Å²) in [5, 5.41) is 5.36. The highest BCUT2D eigenvalue weighted by Crippen LogP contribution is 2.04. The molecule has 0 radical (unpaired) electrons. The number of carbonyl (C=O) groups excluding carboxylic acids is 2. The molecule has 1 rings (SSSR count). The first kappa shape index (κ1) is 14.9. The van der Waals surface area contributed by atoms with Gasteiger partial charge in [0.15, 0.2) is 9.84 Å². The maximum Gasteiger partial charge on any atom is 0.325 e. The topological polar surface area (TPSA) is 102 Å². The molecule has 0 spiro atoms. The number of amides is 1. The third kappa shape index (κ3) is 5.46. The molecule has 1 aliphatic heterocycles. The molecular formula is C10H18N2O5S. The van der Waals surface area contributed by atoms with E-state index in [2.05, 4.69) is 15.4 Å². The van der Waals surface area contributed by atoms with Gasteiger partial charge in [0.1, 0.15) is 6.54 Å². The molecule has 0 aromatic carbocycles. The number of sulfone groups is 1. The van der Waals surface area contributed by atoms with Gasteiger partial charge in [-0.1, -0.05) is 0 Å². The van der Waals surface area contributed by atoms with Crippen LogP contribution < -0.4 is 10.6 Å². The highest BCUT2D eigenvalue weighted by molar-refractivity contribution is 7.91. The van der Waals surface area contributed by atoms with Crippen LogP contribution in [-0.2, 0) is 24.2 Å². The Morgan fingerprint density at radius 1 is 1.44 bits per heavy atom. The van der Waals surface area contributed by atoms with E-state index in [1.807, 2.05) is 0 Å². The van der Waals surface area contributed by atoms with Crippen molar-refractivity contribution in [3.63, 3.8) is 0 Å². The van der Waals surface area contributed by atoms with E-state index in [0.717, 1.165) is 0 Å². The van der Waals surface area contributed by atoms with Gasteiger partial charge in [0.05, 0.1) is 18.1 Å². The first-order chi connectivity index (χ1) is 8.43. The second kappa shape index (κ2) is 6.69. The fraction of sp³-hybridized carbons (Fsp3) is 0.800. The summed E-state index contributed by atoms with van der Waals surface area (Å²) in [5.74, 6) is -0.805. The predicted octanol–water partition coefficient (Wildman–Crippen LogP) is -1.56. The number of carbonyl (C=O) groups is 2. The molecule has 0 bridgehead atoms. The quantitative estimate of drug-likeness (QED) is 0.590. The summed E-state index contributed by atoms with van der Waals surface area (Å²) >= 11 is 0. The molecule has 7 nitrogen and oxygen atoms in total. The molecule has 104 valence electrons. The Morgan fingerprint density at radius 2 is 2.17 bits per heavy atom. The van der Waals surface area contributed by atoms with Crippen LogP contribution in [-0.4, -0.2) is 57.5 Å². The fourth-order valence-corrected chi connectivity index (χ4v) is 3.12. The lowest BCUT2D eigenvalue weighted by atomic mass is 10.2. The molecule has 0 saturated carbocycles. The van der Waals surface area contributed by atoms with Gasteiger partial charge in [0.2, 0.25) is 5.91 Å². The van der Waals surface area contributed by atoms with Crippen molar-refractivity contribution in [1.82, 2.24) is 10.6 Å². The zero-order chi connectivity index (χ0) is 13.6. The molecule has 2 N–H and O–H groups in total. The molecule has 18 heavy (non-hydrogen) atoms.